The molecule has 1 saturated carbocycles. The van der Waals surface area contributed by atoms with Crippen LogP contribution in [-0.4, -0.2) is 42.9 Å². The Hall–Kier alpha value is 1.07. The van der Waals surface area contributed by atoms with Crippen LogP contribution < -0.4 is 10.4 Å². The van der Waals surface area contributed by atoms with Crippen molar-refractivity contribution < 1.29 is 103 Å². The third-order valence-electron chi connectivity index (χ3n) is 10.1. The number of hydrogen-bond acceptors (Lipinski definition) is 2. The fourth-order valence-electron chi connectivity index (χ4n) is 7.06. The van der Waals surface area contributed by atoms with Gasteiger partial charge in [-0.3, -0.25) is 0 Å². The van der Waals surface area contributed by atoms with E-state index in [1.54, 1.807) is 0 Å². The molecule has 2 saturated heterocycles. The molecule has 3 aliphatic rings. The molecule has 3 aromatic rings. The molecule has 1 aliphatic carbocycles. The molecule has 0 radical (unpaired) electrons. The second kappa shape index (κ2) is 23.9. The number of rotatable bonds is 6. The van der Waals surface area contributed by atoms with E-state index in [0.717, 1.165) is 38.2 Å². The van der Waals surface area contributed by atoms with Crippen molar-refractivity contribution in [2.75, 3.05) is 26.4 Å². The average molecular weight is 1030 g/mol. The first kappa shape index (κ1) is 49.1. The van der Waals surface area contributed by atoms with Crippen molar-refractivity contribution in [3.05, 3.63) is 123 Å². The molecule has 0 N–H and O–H groups in total. The monoisotopic (exact) mass is 1030 g/mol. The molecule has 302 valence electrons. The first-order valence-electron chi connectivity index (χ1n) is 17.9. The van der Waals surface area contributed by atoms with E-state index in [0.29, 0.717) is 0 Å². The summed E-state index contributed by atoms with van der Waals surface area (Å²) in [4.78, 5) is 10.2. The molecule has 2 aliphatic heterocycles. The van der Waals surface area contributed by atoms with Crippen LogP contribution in [0.2, 0.25) is 26.2 Å². The van der Waals surface area contributed by atoms with Crippen molar-refractivity contribution in [1.29, 1.82) is 0 Å². The van der Waals surface area contributed by atoms with E-state index in [2.05, 4.69) is 132 Å². The molecule has 8 heteroatoms. The fraction of sp³-hybridized carbons (Fsp3) is 0.476. The minimum absolute atomic E-state index is 0. The molecule has 6 rings (SSSR count). The van der Waals surface area contributed by atoms with Crippen LogP contribution >= 0.6 is 0 Å². The molecule has 3 fully saturated rings. The van der Waals surface area contributed by atoms with Gasteiger partial charge >= 0.3 is 0 Å². The third kappa shape index (κ3) is 14.3. The summed E-state index contributed by atoms with van der Waals surface area (Å²) in [6, 6.07) is 11.5. The molecular formula is C42H62N2O2Si2Yb2-14. The van der Waals surface area contributed by atoms with Crippen LogP contribution in [0, 0.1) is 187 Å². The Morgan fingerprint density at radius 3 is 1.40 bits per heavy atom. The summed E-state index contributed by atoms with van der Waals surface area (Å²) >= 11 is 0. The Kier molecular flexibility index (Phi) is 23.4. The maximum absolute atomic E-state index is 5.08. The van der Waals surface area contributed by atoms with Crippen LogP contribution in [-0.2, 0) is 9.47 Å². The maximum atomic E-state index is 5.08. The number of ether oxygens (including phenoxy) is 2. The summed E-state index contributed by atoms with van der Waals surface area (Å²) in [6.07, 6.45) is 15.5. The van der Waals surface area contributed by atoms with Gasteiger partial charge in [0.25, 0.3) is 0 Å². The zero-order valence-corrected chi connectivity index (χ0v) is 38.1. The summed E-state index contributed by atoms with van der Waals surface area (Å²) in [5.74, 6) is 0. The minimum atomic E-state index is -1.79. The maximum Gasteiger partial charge on any atom is 0.0466 e. The molecule has 0 amide bonds. The van der Waals surface area contributed by atoms with Crippen molar-refractivity contribution >= 4 is 32.5 Å². The fourth-order valence-corrected chi connectivity index (χ4v) is 13.3. The zero-order chi connectivity index (χ0) is 35.5. The van der Waals surface area contributed by atoms with Crippen molar-refractivity contribution in [2.24, 2.45) is 0 Å². The van der Waals surface area contributed by atoms with Crippen LogP contribution in [0.5, 0.6) is 0 Å². The first-order valence-corrected chi connectivity index (χ1v) is 23.8. The van der Waals surface area contributed by atoms with Gasteiger partial charge in [-0.2, -0.15) is 27.4 Å². The second-order valence-electron chi connectivity index (χ2n) is 14.4. The summed E-state index contributed by atoms with van der Waals surface area (Å²) in [7, 11) is -3.59. The molecule has 0 spiro atoms. The standard InChI is InChI=1S/2C17H23NSi.2C4H8O.2Yb/c2*1-12-13(2)15(4)17(14(12)3)19(5,6)18-16-10-8-7-9-11-16;2*1-2-4-5-3-1;;/h2*7-11H,1-6H3;2*1-4H2;;/q-8;-6;;;;. The van der Waals surface area contributed by atoms with Crippen LogP contribution in [0.4, 0.5) is 5.69 Å². The van der Waals surface area contributed by atoms with E-state index in [1.807, 2.05) is 12.5 Å². The number of hydrogen-bond donors (Lipinski definition) is 0. The largest absolute Gasteiger partial charge is 0.891 e. The SMILES string of the molecule is C1CCOC1.C1CCOC1.C[c-]1[c-](C)[c-](C)[c-]([Si](C)(C)[N-]c2ccccc2)[c-]1C.Cc1c(C)c(C)[c-]([Si](C)(C)[N-][C-]2[CH-][CH-][CH-][CH-][CH-]2)c1C.[Yb].[Yb]. The summed E-state index contributed by atoms with van der Waals surface area (Å²) in [6.45, 7) is 31.3. The average Bonchev–Trinajstić information content (AvgIpc) is 3.88. The van der Waals surface area contributed by atoms with E-state index in [1.165, 1.54) is 80.6 Å². The van der Waals surface area contributed by atoms with Gasteiger partial charge in [0.2, 0.25) is 0 Å². The second-order valence-corrected chi connectivity index (χ2v) is 22.1. The van der Waals surface area contributed by atoms with Crippen molar-refractivity contribution in [2.45, 2.75) is 107 Å². The summed E-state index contributed by atoms with van der Waals surface area (Å²) < 4.78 is 9.89. The summed E-state index contributed by atoms with van der Waals surface area (Å²) in [5, 5.41) is 3.04. The predicted octanol–water partition coefficient (Wildman–Crippen LogP) is 10.3. The first-order chi connectivity index (χ1) is 22.7. The molecule has 4 nitrogen and oxygen atoms in total. The summed E-state index contributed by atoms with van der Waals surface area (Å²) in [5.41, 5.74) is 12.7. The molecular weight excluding hydrogens is 967 g/mol. The van der Waals surface area contributed by atoms with Gasteiger partial charge in [0.1, 0.15) is 0 Å². The molecule has 2 heterocycles. The number of benzene rings is 1. The van der Waals surface area contributed by atoms with Gasteiger partial charge < -0.3 is 85.0 Å². The minimum Gasteiger partial charge on any atom is -0.891 e. The van der Waals surface area contributed by atoms with Gasteiger partial charge in [-0.05, 0) is 25.7 Å². The normalized spacial score (nSPS) is 16.1. The molecule has 0 aromatic heterocycles. The molecule has 50 heavy (non-hydrogen) atoms. The van der Waals surface area contributed by atoms with E-state index in [9.17, 15) is 0 Å². The van der Waals surface area contributed by atoms with Crippen LogP contribution in [0.3, 0.4) is 0 Å². The van der Waals surface area contributed by atoms with E-state index < -0.39 is 16.5 Å². The number of nitrogens with zero attached hydrogens (tertiary/aromatic N) is 2. The van der Waals surface area contributed by atoms with E-state index in [-0.39, 0.29) is 93.8 Å². The molecule has 0 bridgehead atoms. The van der Waals surface area contributed by atoms with Gasteiger partial charge in [0, 0.05) is 120 Å². The van der Waals surface area contributed by atoms with Crippen molar-refractivity contribution in [3.8, 4) is 0 Å². The molecule has 0 unspecified atom stereocenters. The predicted molar refractivity (Wildman–Crippen MR) is 214 cm³/mol. The van der Waals surface area contributed by atoms with E-state index >= 15 is 0 Å². The Morgan fingerprint density at radius 2 is 1.02 bits per heavy atom. The Bertz CT molecular complexity index is 1320. The van der Waals surface area contributed by atoms with Gasteiger partial charge in [-0.1, -0.05) is 71.1 Å². The Morgan fingerprint density at radius 1 is 0.600 bits per heavy atom. The van der Waals surface area contributed by atoms with Crippen LogP contribution in [0.1, 0.15) is 70.2 Å². The van der Waals surface area contributed by atoms with Crippen LogP contribution in [0.15, 0.2) is 30.3 Å². The van der Waals surface area contributed by atoms with Crippen LogP contribution in [0.25, 0.3) is 9.96 Å². The zero-order valence-electron chi connectivity index (χ0n) is 32.7. The Balaban J connectivity index is 0.000000378. The van der Waals surface area contributed by atoms with Gasteiger partial charge in [0.05, 0.1) is 0 Å². The smallest absolute Gasteiger partial charge is 0.0466 e. The van der Waals surface area contributed by atoms with Crippen molar-refractivity contribution in [3.63, 3.8) is 0 Å². The topological polar surface area (TPSA) is 46.7 Å². The van der Waals surface area contributed by atoms with Gasteiger partial charge in [0.15, 0.2) is 0 Å². The third-order valence-corrected chi connectivity index (χ3v) is 15.7. The quantitative estimate of drug-likeness (QED) is 0.183. The molecule has 3 aromatic carbocycles. The van der Waals surface area contributed by atoms with Crippen molar-refractivity contribution in [1.82, 2.24) is 0 Å². The van der Waals surface area contributed by atoms with Gasteiger partial charge in [-0.25, -0.2) is 35.9 Å². The van der Waals surface area contributed by atoms with E-state index in [4.69, 9.17) is 19.4 Å². The van der Waals surface area contributed by atoms with Gasteiger partial charge in [-0.15, -0.1) is 27.0 Å². The Labute approximate surface area is 387 Å². The molecule has 0 atom stereocenters.